The second-order valence-corrected chi connectivity index (χ2v) is 6.07. The van der Waals surface area contributed by atoms with Gasteiger partial charge in [-0.3, -0.25) is 4.79 Å². The monoisotopic (exact) mass is 289 g/mol. The fourth-order valence-corrected chi connectivity index (χ4v) is 2.67. The molecule has 0 spiro atoms. The number of ether oxygens (including phenoxy) is 1. The molecule has 2 aromatic rings. The Bertz CT molecular complexity index is 617. The molecule has 1 aromatic carbocycles. The van der Waals surface area contributed by atoms with E-state index in [-0.39, 0.29) is 5.78 Å². The van der Waals surface area contributed by atoms with Crippen molar-refractivity contribution in [3.63, 3.8) is 0 Å². The summed E-state index contributed by atoms with van der Waals surface area (Å²) in [4.78, 5) is 16.1. The van der Waals surface area contributed by atoms with Crippen molar-refractivity contribution in [1.82, 2.24) is 4.98 Å². The van der Waals surface area contributed by atoms with Crippen LogP contribution in [-0.2, 0) is 6.61 Å². The maximum atomic E-state index is 11.6. The molecule has 2 rings (SSSR count). The van der Waals surface area contributed by atoms with Crippen molar-refractivity contribution in [2.24, 2.45) is 0 Å². The molecule has 0 aliphatic rings. The predicted molar refractivity (Wildman–Crippen MR) is 81.7 cm³/mol. The molecule has 0 saturated carbocycles. The summed E-state index contributed by atoms with van der Waals surface area (Å²) in [5.41, 5.74) is 2.61. The maximum absolute atomic E-state index is 11.6. The normalized spacial score (nSPS) is 10.8. The summed E-state index contributed by atoms with van der Waals surface area (Å²) in [5, 5.41) is 3.12. The van der Waals surface area contributed by atoms with Gasteiger partial charge in [0.05, 0.1) is 16.3 Å². The van der Waals surface area contributed by atoms with E-state index in [2.05, 4.69) is 18.8 Å². The highest BCUT2D eigenvalue weighted by Gasteiger charge is 2.10. The Hall–Kier alpha value is -1.68. The molecule has 3 nitrogen and oxygen atoms in total. The molecule has 0 bridgehead atoms. The van der Waals surface area contributed by atoms with Crippen LogP contribution in [0.2, 0.25) is 0 Å². The molecule has 1 aromatic heterocycles. The third-order valence-electron chi connectivity index (χ3n) is 2.96. The van der Waals surface area contributed by atoms with Crippen LogP contribution < -0.4 is 4.74 Å². The van der Waals surface area contributed by atoms with Gasteiger partial charge in [0, 0.05) is 11.3 Å². The molecule has 4 heteroatoms. The zero-order valence-electron chi connectivity index (χ0n) is 12.3. The van der Waals surface area contributed by atoms with Crippen LogP contribution >= 0.6 is 11.3 Å². The third kappa shape index (κ3) is 3.45. The number of hydrogen-bond donors (Lipinski definition) is 0. The fourth-order valence-electron chi connectivity index (χ4n) is 1.85. The topological polar surface area (TPSA) is 39.2 Å². The zero-order chi connectivity index (χ0) is 14.7. The minimum absolute atomic E-state index is 0.0150. The molecular weight excluding hydrogens is 270 g/mol. The quantitative estimate of drug-likeness (QED) is 0.768. The number of aromatic nitrogens is 1. The molecular formula is C16H19NO2S. The van der Waals surface area contributed by atoms with Crippen LogP contribution in [0.4, 0.5) is 0 Å². The lowest BCUT2D eigenvalue weighted by atomic mass is 10.1. The predicted octanol–water partition coefficient (Wildman–Crippen LogP) is 4.36. The lowest BCUT2D eigenvalue weighted by Crippen LogP contribution is -2.02. The lowest BCUT2D eigenvalue weighted by Gasteiger charge is -2.09. The highest BCUT2D eigenvalue weighted by Crippen LogP contribution is 2.24. The average molecular weight is 289 g/mol. The number of ketones is 1. The Labute approximate surface area is 123 Å². The summed E-state index contributed by atoms with van der Waals surface area (Å²) in [7, 11) is 0. The first-order chi connectivity index (χ1) is 9.47. The molecule has 106 valence electrons. The number of benzene rings is 1. The third-order valence-corrected chi connectivity index (χ3v) is 4.15. The lowest BCUT2D eigenvalue weighted by molar-refractivity contribution is 0.101. The van der Waals surface area contributed by atoms with E-state index in [1.807, 2.05) is 30.5 Å². The summed E-state index contributed by atoms with van der Waals surface area (Å²) in [5.74, 6) is 1.08. The van der Waals surface area contributed by atoms with Crippen molar-refractivity contribution in [1.29, 1.82) is 0 Å². The zero-order valence-corrected chi connectivity index (χ0v) is 13.1. The van der Waals surface area contributed by atoms with Crippen LogP contribution in [0.1, 0.15) is 53.3 Å². The highest BCUT2D eigenvalue weighted by molar-refractivity contribution is 7.09. The molecule has 20 heavy (non-hydrogen) atoms. The van der Waals surface area contributed by atoms with Gasteiger partial charge in [-0.25, -0.2) is 4.98 Å². The van der Waals surface area contributed by atoms with Gasteiger partial charge >= 0.3 is 0 Å². The Kier molecular flexibility index (Phi) is 4.55. The minimum Gasteiger partial charge on any atom is -0.486 e. The van der Waals surface area contributed by atoms with E-state index in [0.717, 1.165) is 16.3 Å². The van der Waals surface area contributed by atoms with Crippen LogP contribution in [0.15, 0.2) is 23.6 Å². The molecule has 0 aliphatic carbocycles. The Morgan fingerprint density at radius 3 is 2.75 bits per heavy atom. The number of hydrogen-bond acceptors (Lipinski definition) is 4. The molecule has 0 saturated heterocycles. The van der Waals surface area contributed by atoms with Gasteiger partial charge in [-0.2, -0.15) is 0 Å². The van der Waals surface area contributed by atoms with E-state index in [1.165, 1.54) is 0 Å². The van der Waals surface area contributed by atoms with Crippen molar-refractivity contribution >= 4 is 17.1 Å². The average Bonchev–Trinajstić information content (AvgIpc) is 2.85. The van der Waals surface area contributed by atoms with Crippen LogP contribution in [-0.4, -0.2) is 10.8 Å². The van der Waals surface area contributed by atoms with Gasteiger partial charge < -0.3 is 4.74 Å². The van der Waals surface area contributed by atoms with E-state index in [1.54, 1.807) is 18.3 Å². The second kappa shape index (κ2) is 6.18. The molecule has 0 aliphatic heterocycles. The highest BCUT2D eigenvalue weighted by atomic mass is 32.1. The molecule has 0 atom stereocenters. The number of aryl methyl sites for hydroxylation is 1. The van der Waals surface area contributed by atoms with E-state index in [0.29, 0.717) is 23.8 Å². The standard InChI is InChI=1S/C16H19NO2S/c1-10(2)16-17-13(9-20-16)8-19-15-7-11(3)5-6-14(15)12(4)18/h5-7,9-10H,8H2,1-4H3. The maximum Gasteiger partial charge on any atom is 0.163 e. The number of carbonyl (C=O) groups is 1. The summed E-state index contributed by atoms with van der Waals surface area (Å²) < 4.78 is 5.78. The van der Waals surface area contributed by atoms with Crippen LogP contribution in [0.5, 0.6) is 5.75 Å². The van der Waals surface area contributed by atoms with Gasteiger partial charge in [-0.15, -0.1) is 11.3 Å². The van der Waals surface area contributed by atoms with Gasteiger partial charge in [-0.1, -0.05) is 19.9 Å². The molecule has 1 heterocycles. The molecule has 0 amide bonds. The van der Waals surface area contributed by atoms with E-state index in [9.17, 15) is 4.79 Å². The van der Waals surface area contributed by atoms with Crippen molar-refractivity contribution in [3.05, 3.63) is 45.4 Å². The molecule has 0 unspecified atom stereocenters. The van der Waals surface area contributed by atoms with Gasteiger partial charge in [0.2, 0.25) is 0 Å². The van der Waals surface area contributed by atoms with Gasteiger partial charge in [0.15, 0.2) is 5.78 Å². The van der Waals surface area contributed by atoms with Crippen molar-refractivity contribution in [3.8, 4) is 5.75 Å². The smallest absolute Gasteiger partial charge is 0.163 e. The Balaban J connectivity index is 2.13. The molecule has 0 N–H and O–H groups in total. The first kappa shape index (κ1) is 14.7. The van der Waals surface area contributed by atoms with Crippen LogP contribution in [0.3, 0.4) is 0 Å². The molecule has 0 fully saturated rings. The van der Waals surface area contributed by atoms with Crippen LogP contribution in [0.25, 0.3) is 0 Å². The fraction of sp³-hybridized carbons (Fsp3) is 0.375. The first-order valence-corrected chi connectivity index (χ1v) is 7.54. The molecule has 0 radical (unpaired) electrons. The first-order valence-electron chi connectivity index (χ1n) is 6.66. The number of nitrogens with zero attached hydrogens (tertiary/aromatic N) is 1. The van der Waals surface area contributed by atoms with E-state index in [4.69, 9.17) is 4.74 Å². The summed E-state index contributed by atoms with van der Waals surface area (Å²) in [6, 6.07) is 5.63. The number of Topliss-reactive ketones (excluding diaryl/α,β-unsaturated/α-hetero) is 1. The summed E-state index contributed by atoms with van der Waals surface area (Å²) in [6.07, 6.45) is 0. The van der Waals surface area contributed by atoms with E-state index >= 15 is 0 Å². The van der Waals surface area contributed by atoms with Crippen molar-refractivity contribution in [2.45, 2.75) is 40.2 Å². The Morgan fingerprint density at radius 2 is 2.15 bits per heavy atom. The number of thiazole rings is 1. The SMILES string of the molecule is CC(=O)c1ccc(C)cc1OCc1csc(C(C)C)n1. The minimum atomic E-state index is 0.0150. The second-order valence-electron chi connectivity index (χ2n) is 5.18. The van der Waals surface area contributed by atoms with E-state index < -0.39 is 0 Å². The van der Waals surface area contributed by atoms with Gasteiger partial charge in [0.25, 0.3) is 0 Å². The largest absolute Gasteiger partial charge is 0.486 e. The number of carbonyl (C=O) groups excluding carboxylic acids is 1. The summed E-state index contributed by atoms with van der Waals surface area (Å²) >= 11 is 1.65. The van der Waals surface area contributed by atoms with Gasteiger partial charge in [-0.05, 0) is 31.5 Å². The van der Waals surface area contributed by atoms with Crippen molar-refractivity contribution < 1.29 is 9.53 Å². The van der Waals surface area contributed by atoms with Gasteiger partial charge in [0.1, 0.15) is 12.4 Å². The van der Waals surface area contributed by atoms with Crippen molar-refractivity contribution in [2.75, 3.05) is 0 Å². The number of rotatable bonds is 5. The van der Waals surface area contributed by atoms with Crippen LogP contribution in [0, 0.1) is 6.92 Å². The summed E-state index contributed by atoms with van der Waals surface area (Å²) in [6.45, 7) is 8.18. The Morgan fingerprint density at radius 1 is 1.40 bits per heavy atom.